The van der Waals surface area contributed by atoms with Gasteiger partial charge in [-0.25, -0.2) is 8.78 Å². The molecule has 3 rings (SSSR count). The van der Waals surface area contributed by atoms with E-state index in [2.05, 4.69) is 4.98 Å². The third-order valence-electron chi connectivity index (χ3n) is 3.03. The number of nitrogens with zero attached hydrogens (tertiary/aromatic N) is 2. The SMILES string of the molecule is N#Cc1ccc(-n2c(=S)[nH]c3c(F)cc(F)cc32)c(Cl)c1. The average molecular weight is 322 g/mol. The Kier molecular flexibility index (Phi) is 3.24. The van der Waals surface area contributed by atoms with Gasteiger partial charge >= 0.3 is 0 Å². The molecule has 21 heavy (non-hydrogen) atoms. The summed E-state index contributed by atoms with van der Waals surface area (Å²) in [4.78, 5) is 2.69. The Hall–Kier alpha value is -2.23. The predicted molar refractivity (Wildman–Crippen MR) is 78.1 cm³/mol. The summed E-state index contributed by atoms with van der Waals surface area (Å²) < 4.78 is 28.8. The molecule has 0 saturated heterocycles. The lowest BCUT2D eigenvalue weighted by molar-refractivity contribution is 0.590. The molecule has 0 unspecified atom stereocenters. The van der Waals surface area contributed by atoms with Crippen LogP contribution < -0.4 is 0 Å². The first-order valence-electron chi connectivity index (χ1n) is 5.81. The Bertz CT molecular complexity index is 969. The van der Waals surface area contributed by atoms with Gasteiger partial charge in [0, 0.05) is 12.1 Å². The maximum atomic E-state index is 13.8. The van der Waals surface area contributed by atoms with Gasteiger partial charge in [0.15, 0.2) is 10.6 Å². The van der Waals surface area contributed by atoms with Crippen molar-refractivity contribution in [1.82, 2.24) is 9.55 Å². The van der Waals surface area contributed by atoms with Crippen molar-refractivity contribution in [2.45, 2.75) is 0 Å². The lowest BCUT2D eigenvalue weighted by Gasteiger charge is -2.07. The van der Waals surface area contributed by atoms with E-state index in [9.17, 15) is 8.78 Å². The van der Waals surface area contributed by atoms with E-state index in [0.29, 0.717) is 11.3 Å². The molecule has 1 aromatic heterocycles. The van der Waals surface area contributed by atoms with E-state index in [4.69, 9.17) is 29.1 Å². The van der Waals surface area contributed by atoms with E-state index >= 15 is 0 Å². The highest BCUT2D eigenvalue weighted by Gasteiger charge is 2.14. The third-order valence-corrected chi connectivity index (χ3v) is 3.62. The van der Waals surface area contributed by atoms with Gasteiger partial charge in [-0.3, -0.25) is 4.57 Å². The fraction of sp³-hybridized carbons (Fsp3) is 0. The van der Waals surface area contributed by atoms with Crippen molar-refractivity contribution in [2.75, 3.05) is 0 Å². The van der Waals surface area contributed by atoms with E-state index < -0.39 is 11.6 Å². The van der Waals surface area contributed by atoms with Crippen LogP contribution in [0.1, 0.15) is 5.56 Å². The van der Waals surface area contributed by atoms with Gasteiger partial charge in [0.25, 0.3) is 0 Å². The Balaban J connectivity index is 2.38. The van der Waals surface area contributed by atoms with Crippen LogP contribution in [0.5, 0.6) is 0 Å². The van der Waals surface area contributed by atoms with Crippen LogP contribution in [-0.4, -0.2) is 9.55 Å². The zero-order valence-electron chi connectivity index (χ0n) is 10.3. The Morgan fingerprint density at radius 3 is 2.67 bits per heavy atom. The van der Waals surface area contributed by atoms with Gasteiger partial charge in [-0.1, -0.05) is 11.6 Å². The molecular weight excluding hydrogens is 316 g/mol. The van der Waals surface area contributed by atoms with Gasteiger partial charge < -0.3 is 4.98 Å². The molecule has 2 aromatic carbocycles. The number of nitrogens with one attached hydrogen (secondary N) is 1. The number of hydrogen-bond donors (Lipinski definition) is 1. The molecule has 3 aromatic rings. The van der Waals surface area contributed by atoms with Gasteiger partial charge in [0.1, 0.15) is 11.3 Å². The number of hydrogen-bond acceptors (Lipinski definition) is 2. The van der Waals surface area contributed by atoms with Crippen LogP contribution in [0.15, 0.2) is 30.3 Å². The largest absolute Gasteiger partial charge is 0.328 e. The van der Waals surface area contributed by atoms with Crippen LogP contribution in [0.3, 0.4) is 0 Å². The molecule has 0 spiro atoms. The van der Waals surface area contributed by atoms with Crippen LogP contribution in [0.25, 0.3) is 16.7 Å². The topological polar surface area (TPSA) is 44.5 Å². The van der Waals surface area contributed by atoms with E-state index in [1.54, 1.807) is 12.1 Å². The summed E-state index contributed by atoms with van der Waals surface area (Å²) in [6.45, 7) is 0. The van der Waals surface area contributed by atoms with E-state index in [1.165, 1.54) is 16.7 Å². The fourth-order valence-electron chi connectivity index (χ4n) is 2.13. The molecule has 0 radical (unpaired) electrons. The van der Waals surface area contributed by atoms with Gasteiger partial charge in [0.05, 0.1) is 27.9 Å². The molecule has 0 aliphatic rings. The number of halogens is 3. The minimum Gasteiger partial charge on any atom is -0.328 e. The molecular formula is C14H6ClF2N3S. The van der Waals surface area contributed by atoms with Crippen LogP contribution in [0.2, 0.25) is 5.02 Å². The second-order valence-corrected chi connectivity index (χ2v) is 5.12. The lowest BCUT2D eigenvalue weighted by Crippen LogP contribution is -1.96. The highest BCUT2D eigenvalue weighted by molar-refractivity contribution is 7.71. The number of H-pyrrole nitrogens is 1. The molecule has 0 aliphatic heterocycles. The number of fused-ring (bicyclic) bond motifs is 1. The zero-order chi connectivity index (χ0) is 15.1. The molecule has 0 atom stereocenters. The predicted octanol–water partition coefficient (Wildman–Crippen LogP) is 4.49. The minimum atomic E-state index is -0.736. The zero-order valence-corrected chi connectivity index (χ0v) is 11.9. The number of aromatic amines is 1. The second-order valence-electron chi connectivity index (χ2n) is 4.33. The van der Waals surface area contributed by atoms with Crippen molar-refractivity contribution in [3.05, 3.63) is 57.3 Å². The molecule has 3 nitrogen and oxygen atoms in total. The van der Waals surface area contributed by atoms with Crippen molar-refractivity contribution in [2.24, 2.45) is 0 Å². The Morgan fingerprint density at radius 2 is 2.00 bits per heavy atom. The van der Waals surface area contributed by atoms with E-state index in [-0.39, 0.29) is 20.8 Å². The van der Waals surface area contributed by atoms with Crippen molar-refractivity contribution < 1.29 is 8.78 Å². The summed E-state index contributed by atoms with van der Waals surface area (Å²) in [6, 6.07) is 8.50. The average Bonchev–Trinajstić information content (AvgIpc) is 2.75. The Labute approximate surface area is 128 Å². The van der Waals surface area contributed by atoms with E-state index in [1.807, 2.05) is 6.07 Å². The lowest BCUT2D eigenvalue weighted by atomic mass is 10.2. The van der Waals surface area contributed by atoms with Crippen LogP contribution in [-0.2, 0) is 0 Å². The summed E-state index contributed by atoms with van der Waals surface area (Å²) in [5.74, 6) is -1.45. The fourth-order valence-corrected chi connectivity index (χ4v) is 2.69. The number of nitriles is 1. The first-order valence-corrected chi connectivity index (χ1v) is 6.59. The third kappa shape index (κ3) is 2.20. The molecule has 7 heteroatoms. The van der Waals surface area contributed by atoms with Crippen molar-refractivity contribution >= 4 is 34.9 Å². The highest BCUT2D eigenvalue weighted by Crippen LogP contribution is 2.28. The first-order chi connectivity index (χ1) is 10.0. The maximum absolute atomic E-state index is 13.8. The molecule has 0 fully saturated rings. The van der Waals surface area contributed by atoms with E-state index in [0.717, 1.165) is 6.07 Å². The molecule has 0 amide bonds. The summed E-state index contributed by atoms with van der Waals surface area (Å²) >= 11 is 11.3. The summed E-state index contributed by atoms with van der Waals surface area (Å²) in [5.41, 5.74) is 1.16. The van der Waals surface area contributed by atoms with Crippen molar-refractivity contribution in [1.29, 1.82) is 5.26 Å². The molecule has 1 N–H and O–H groups in total. The summed E-state index contributed by atoms with van der Waals surface area (Å²) in [7, 11) is 0. The van der Waals surface area contributed by atoms with Crippen molar-refractivity contribution in [3.8, 4) is 11.8 Å². The van der Waals surface area contributed by atoms with Gasteiger partial charge in [-0.05, 0) is 30.4 Å². The number of rotatable bonds is 1. The molecule has 104 valence electrons. The maximum Gasteiger partial charge on any atom is 0.182 e. The molecule has 0 saturated carbocycles. The summed E-state index contributed by atoms with van der Waals surface area (Å²) in [5, 5.41) is 9.10. The van der Waals surface area contributed by atoms with Gasteiger partial charge in [-0.15, -0.1) is 0 Å². The quantitative estimate of drug-likeness (QED) is 0.671. The number of imidazole rings is 1. The molecule has 0 bridgehead atoms. The molecule has 0 aliphatic carbocycles. The highest BCUT2D eigenvalue weighted by atomic mass is 35.5. The van der Waals surface area contributed by atoms with Gasteiger partial charge in [0.2, 0.25) is 0 Å². The monoisotopic (exact) mass is 321 g/mol. The number of aromatic nitrogens is 2. The molecule has 1 heterocycles. The van der Waals surface area contributed by atoms with Crippen LogP contribution in [0.4, 0.5) is 8.78 Å². The van der Waals surface area contributed by atoms with Crippen LogP contribution in [0, 0.1) is 27.7 Å². The van der Waals surface area contributed by atoms with Gasteiger partial charge in [-0.2, -0.15) is 5.26 Å². The normalized spacial score (nSPS) is 10.8. The Morgan fingerprint density at radius 1 is 1.24 bits per heavy atom. The van der Waals surface area contributed by atoms with Crippen LogP contribution >= 0.6 is 23.8 Å². The second kappa shape index (κ2) is 4.95. The minimum absolute atomic E-state index is 0.0989. The summed E-state index contributed by atoms with van der Waals surface area (Å²) in [6.07, 6.45) is 0. The number of benzene rings is 2. The van der Waals surface area contributed by atoms with Crippen molar-refractivity contribution in [3.63, 3.8) is 0 Å². The first kappa shape index (κ1) is 13.7. The standard InChI is InChI=1S/C14H6ClF2N3S/c15-9-3-7(6-18)1-2-11(9)20-12-5-8(16)4-10(17)13(12)19-14(20)21/h1-5H,(H,19,21). The smallest absolute Gasteiger partial charge is 0.182 e.